The van der Waals surface area contributed by atoms with Gasteiger partial charge in [0.2, 0.25) is 11.8 Å². The van der Waals surface area contributed by atoms with Gasteiger partial charge >= 0.3 is 6.18 Å². The van der Waals surface area contributed by atoms with Crippen LogP contribution in [-0.2, 0) is 33.5 Å². The Hall–Kier alpha value is -5.34. The molecule has 2 aliphatic heterocycles. The molecule has 14 heteroatoms. The number of thiazole rings is 1. The molecule has 0 bridgehead atoms. The first-order valence-electron chi connectivity index (χ1n) is 18.2. The van der Waals surface area contributed by atoms with Crippen LogP contribution < -0.4 is 15.0 Å². The van der Waals surface area contributed by atoms with Crippen LogP contribution in [0.5, 0.6) is 5.75 Å². The number of unbranched alkanes of at least 4 members (excludes halogenated alkanes) is 1. The van der Waals surface area contributed by atoms with E-state index in [2.05, 4.69) is 15.3 Å². The molecule has 1 N–H and O–H groups in total. The van der Waals surface area contributed by atoms with Gasteiger partial charge in [-0.3, -0.25) is 19.7 Å². The van der Waals surface area contributed by atoms with Crippen LogP contribution in [0.15, 0.2) is 72.9 Å². The van der Waals surface area contributed by atoms with Crippen LogP contribution in [0.4, 0.5) is 19.0 Å². The van der Waals surface area contributed by atoms with Crippen LogP contribution in [-0.4, -0.2) is 72.5 Å². The molecule has 0 radical (unpaired) electrons. The van der Waals surface area contributed by atoms with Gasteiger partial charge < -0.3 is 19.3 Å². The molecule has 3 amide bonds. The highest BCUT2D eigenvalue weighted by Crippen LogP contribution is 2.42. The van der Waals surface area contributed by atoms with Crippen molar-refractivity contribution in [3.05, 3.63) is 95.2 Å². The average Bonchev–Trinajstić information content (AvgIpc) is 3.73. The Morgan fingerprint density at radius 1 is 0.909 bits per heavy atom. The highest BCUT2D eigenvalue weighted by atomic mass is 32.1. The monoisotopic (exact) mass is 771 g/mol. The fourth-order valence-electron chi connectivity index (χ4n) is 6.83. The number of imide groups is 1. The highest BCUT2D eigenvalue weighted by molar-refractivity contribution is 7.21. The number of benzene rings is 3. The van der Waals surface area contributed by atoms with E-state index in [1.54, 1.807) is 36.5 Å². The second-order valence-corrected chi connectivity index (χ2v) is 14.9. The minimum Gasteiger partial charge on any atom is -0.493 e. The lowest BCUT2D eigenvalue weighted by Crippen LogP contribution is -2.52. The number of amides is 3. The molecular weight excluding hydrogens is 732 g/mol. The van der Waals surface area contributed by atoms with Crippen molar-refractivity contribution in [1.29, 1.82) is 0 Å². The number of carbonyl (C=O) groups excluding carboxylic acids is 3. The Balaban J connectivity index is 0.855. The second kappa shape index (κ2) is 16.2. The van der Waals surface area contributed by atoms with Gasteiger partial charge in [0.05, 0.1) is 22.4 Å². The summed E-state index contributed by atoms with van der Waals surface area (Å²) < 4.78 is 55.5. The molecule has 0 aliphatic carbocycles. The molecule has 0 saturated carbocycles. The number of anilines is 1. The van der Waals surface area contributed by atoms with Crippen LogP contribution in [0, 0.1) is 0 Å². The van der Waals surface area contributed by atoms with Crippen LogP contribution in [0.3, 0.4) is 0 Å². The first-order valence-corrected chi connectivity index (χ1v) is 19.0. The molecule has 7 rings (SSSR count). The molecule has 1 atom stereocenters. The van der Waals surface area contributed by atoms with Gasteiger partial charge in [0, 0.05) is 69.6 Å². The zero-order valence-corrected chi connectivity index (χ0v) is 31.3. The largest absolute Gasteiger partial charge is 0.493 e. The van der Waals surface area contributed by atoms with Gasteiger partial charge in [0.15, 0.2) is 0 Å². The predicted octanol–water partition coefficient (Wildman–Crippen LogP) is 7.68. The lowest BCUT2D eigenvalue weighted by atomic mass is 10.00. The number of halogens is 3. The standard InChI is InChI=1S/C41H40F3N5O5S/c1-48(2)36-15-9-27(23-45-36)26-8-11-31(32(22-26)41(42,43)44)39-46-33-13-7-25(20-35(33)55-39)6-3-4-17-53-18-5-19-54-29-10-12-30-28(21-29)24-49(40(30)52)34-14-16-37(50)47-38(34)51/h7-13,15,20-23,34H,3-6,14,16-19,24H2,1-2H3,(H,47,50,51). The van der Waals surface area contributed by atoms with E-state index >= 15 is 0 Å². The van der Waals surface area contributed by atoms with Crippen molar-refractivity contribution in [3.63, 3.8) is 0 Å². The summed E-state index contributed by atoms with van der Waals surface area (Å²) in [7, 11) is 3.70. The van der Waals surface area contributed by atoms with E-state index in [1.165, 1.54) is 28.4 Å². The fourth-order valence-corrected chi connectivity index (χ4v) is 7.90. The molecule has 1 unspecified atom stereocenters. The van der Waals surface area contributed by atoms with E-state index in [-0.39, 0.29) is 23.8 Å². The van der Waals surface area contributed by atoms with Gasteiger partial charge in [-0.25, -0.2) is 9.97 Å². The number of aryl methyl sites for hydroxylation is 1. The molecule has 10 nitrogen and oxygen atoms in total. The van der Waals surface area contributed by atoms with E-state index in [4.69, 9.17) is 9.47 Å². The first-order chi connectivity index (χ1) is 26.4. The number of aromatic nitrogens is 2. The number of pyridine rings is 1. The SMILES string of the molecule is CN(C)c1ccc(-c2ccc(-c3nc4ccc(CCCCOCCCOc5ccc6c(c5)CN(C5CCC(=O)NC5=O)C6=O)cc4s3)c(C(F)(F)F)c2)cn1. The summed E-state index contributed by atoms with van der Waals surface area (Å²) >= 11 is 1.26. The van der Waals surface area contributed by atoms with Gasteiger partial charge in [-0.05, 0) is 90.9 Å². The molecule has 1 fully saturated rings. The molecule has 0 spiro atoms. The van der Waals surface area contributed by atoms with Crippen LogP contribution in [0.1, 0.15) is 59.2 Å². The molecule has 1 saturated heterocycles. The number of piperidine rings is 1. The number of hydrogen-bond acceptors (Lipinski definition) is 9. The Kier molecular flexibility index (Phi) is 11.2. The number of ether oxygens (including phenoxy) is 2. The molecule has 2 aliphatic rings. The van der Waals surface area contributed by atoms with Crippen molar-refractivity contribution < 1.29 is 37.0 Å². The van der Waals surface area contributed by atoms with E-state index in [0.29, 0.717) is 72.2 Å². The number of fused-ring (bicyclic) bond motifs is 2. The zero-order chi connectivity index (χ0) is 38.7. The summed E-state index contributed by atoms with van der Waals surface area (Å²) in [5, 5.41) is 2.64. The topological polar surface area (TPSA) is 114 Å². The highest BCUT2D eigenvalue weighted by Gasteiger charge is 2.39. The van der Waals surface area contributed by atoms with Crippen LogP contribution >= 0.6 is 11.3 Å². The Labute approximate surface area is 320 Å². The van der Waals surface area contributed by atoms with Gasteiger partial charge in [-0.2, -0.15) is 13.2 Å². The molecule has 5 aromatic rings. The summed E-state index contributed by atoms with van der Waals surface area (Å²) in [4.78, 5) is 48.9. The predicted molar refractivity (Wildman–Crippen MR) is 204 cm³/mol. The summed E-state index contributed by atoms with van der Waals surface area (Å²) in [5.74, 6) is 0.386. The van der Waals surface area contributed by atoms with E-state index < -0.39 is 23.7 Å². The number of carbonyl (C=O) groups is 3. The molecular formula is C41H40F3N5O5S. The van der Waals surface area contributed by atoms with E-state index in [1.807, 2.05) is 43.3 Å². The van der Waals surface area contributed by atoms with Crippen LogP contribution in [0.25, 0.3) is 31.9 Å². The third kappa shape index (κ3) is 8.65. The number of nitrogens with zero attached hydrogens (tertiary/aromatic N) is 4. The minimum atomic E-state index is -4.56. The average molecular weight is 772 g/mol. The number of rotatable bonds is 14. The summed E-state index contributed by atoms with van der Waals surface area (Å²) in [6.45, 7) is 1.86. The summed E-state index contributed by atoms with van der Waals surface area (Å²) in [6, 6.07) is 18.4. The van der Waals surface area contributed by atoms with Crippen molar-refractivity contribution in [1.82, 2.24) is 20.2 Å². The number of nitrogens with one attached hydrogen (secondary N) is 1. The normalized spacial score (nSPS) is 15.8. The van der Waals surface area contributed by atoms with Gasteiger partial charge in [-0.1, -0.05) is 18.2 Å². The lowest BCUT2D eigenvalue weighted by molar-refractivity contribution is -0.138. The zero-order valence-electron chi connectivity index (χ0n) is 30.4. The minimum absolute atomic E-state index is 0.0570. The Bertz CT molecular complexity index is 2220. The van der Waals surface area contributed by atoms with E-state index in [9.17, 15) is 27.6 Å². The maximum atomic E-state index is 14.3. The summed E-state index contributed by atoms with van der Waals surface area (Å²) in [5.41, 5.74) is 3.46. The fraction of sp³-hybridized carbons (Fsp3) is 0.341. The van der Waals surface area contributed by atoms with Gasteiger partial charge in [0.1, 0.15) is 22.6 Å². The Morgan fingerprint density at radius 2 is 1.71 bits per heavy atom. The Morgan fingerprint density at radius 3 is 2.47 bits per heavy atom. The van der Waals surface area contributed by atoms with Crippen molar-refractivity contribution in [2.45, 2.75) is 57.3 Å². The quantitative estimate of drug-likeness (QED) is 0.0904. The van der Waals surface area contributed by atoms with Crippen molar-refractivity contribution in [2.75, 3.05) is 38.8 Å². The number of hydrogen-bond donors (Lipinski definition) is 1. The molecule has 55 heavy (non-hydrogen) atoms. The molecule has 3 aromatic carbocycles. The van der Waals surface area contributed by atoms with Crippen molar-refractivity contribution in [2.24, 2.45) is 0 Å². The molecule has 4 heterocycles. The third-order valence-corrected chi connectivity index (χ3v) is 10.8. The summed E-state index contributed by atoms with van der Waals surface area (Å²) in [6.07, 6.45) is 0.781. The van der Waals surface area contributed by atoms with Gasteiger partial charge in [-0.15, -0.1) is 11.3 Å². The second-order valence-electron chi connectivity index (χ2n) is 13.9. The molecule has 2 aromatic heterocycles. The third-order valence-electron chi connectivity index (χ3n) is 9.75. The van der Waals surface area contributed by atoms with Crippen molar-refractivity contribution in [3.8, 4) is 27.4 Å². The maximum Gasteiger partial charge on any atom is 0.417 e. The van der Waals surface area contributed by atoms with E-state index in [0.717, 1.165) is 40.9 Å². The first kappa shape index (κ1) is 38.0. The molecule has 286 valence electrons. The van der Waals surface area contributed by atoms with Crippen LogP contribution in [0.2, 0.25) is 0 Å². The maximum absolute atomic E-state index is 14.3. The van der Waals surface area contributed by atoms with Gasteiger partial charge in [0.25, 0.3) is 5.91 Å². The van der Waals surface area contributed by atoms with Crippen molar-refractivity contribution >= 4 is 45.1 Å². The lowest BCUT2D eigenvalue weighted by Gasteiger charge is -2.29. The number of alkyl halides is 3. The smallest absolute Gasteiger partial charge is 0.417 e.